The van der Waals surface area contributed by atoms with E-state index in [1.54, 1.807) is 0 Å². The molecule has 0 bridgehead atoms. The van der Waals surface area contributed by atoms with Crippen LogP contribution in [0.1, 0.15) is 57.7 Å². The van der Waals surface area contributed by atoms with Crippen LogP contribution in [0.15, 0.2) is 46.2 Å². The number of fused-ring (bicyclic) bond motifs is 1. The normalized spacial score (nSPS) is 15.7. The molecule has 30 heavy (non-hydrogen) atoms. The zero-order valence-corrected chi connectivity index (χ0v) is 19.6. The number of aromatic nitrogens is 1. The van der Waals surface area contributed by atoms with E-state index in [0.29, 0.717) is 6.04 Å². The van der Waals surface area contributed by atoms with Gasteiger partial charge in [0.2, 0.25) is 0 Å². The molecule has 0 atom stereocenters. The maximum atomic E-state index is 5.60. The van der Waals surface area contributed by atoms with Crippen LogP contribution in [0.25, 0.3) is 23.9 Å². The summed E-state index contributed by atoms with van der Waals surface area (Å²) in [5, 5.41) is 4.79. The van der Waals surface area contributed by atoms with Crippen LogP contribution in [0.5, 0.6) is 0 Å². The van der Waals surface area contributed by atoms with Gasteiger partial charge < -0.3 is 9.30 Å². The Labute approximate surface area is 184 Å². The van der Waals surface area contributed by atoms with Gasteiger partial charge in [-0.25, -0.2) is 0 Å². The Balaban J connectivity index is 1.81. The topological polar surface area (TPSA) is 14.2 Å². The van der Waals surface area contributed by atoms with E-state index in [2.05, 4.69) is 81.8 Å². The first-order valence-corrected chi connectivity index (χ1v) is 11.8. The maximum Gasteiger partial charge on any atom is 0.0485 e. The van der Waals surface area contributed by atoms with E-state index in [1.165, 1.54) is 31.7 Å². The van der Waals surface area contributed by atoms with Gasteiger partial charge in [-0.2, -0.15) is 0 Å². The van der Waals surface area contributed by atoms with Gasteiger partial charge in [-0.15, -0.1) is 0 Å². The lowest BCUT2D eigenvalue weighted by Gasteiger charge is -2.24. The Morgan fingerprint density at radius 2 is 1.60 bits per heavy atom. The molecule has 0 aliphatic carbocycles. The van der Waals surface area contributed by atoms with E-state index in [4.69, 9.17) is 4.74 Å². The molecule has 2 aromatic carbocycles. The number of ether oxygens (including phenoxy) is 1. The molecule has 1 aliphatic heterocycles. The van der Waals surface area contributed by atoms with Crippen molar-refractivity contribution in [3.63, 3.8) is 0 Å². The van der Waals surface area contributed by atoms with Crippen molar-refractivity contribution in [1.29, 1.82) is 0 Å². The molecule has 0 radical (unpaired) electrons. The lowest BCUT2D eigenvalue weighted by molar-refractivity contribution is 0.0685. The highest BCUT2D eigenvalue weighted by Crippen LogP contribution is 2.35. The first kappa shape index (κ1) is 21.3. The fourth-order valence-corrected chi connectivity index (χ4v) is 5.54. The van der Waals surface area contributed by atoms with Crippen LogP contribution in [0.3, 0.4) is 0 Å². The predicted octanol–water partition coefficient (Wildman–Crippen LogP) is 5.82. The average Bonchev–Trinajstić information content (AvgIpc) is 3.00. The molecule has 158 valence electrons. The Hall–Kier alpha value is -1.97. The van der Waals surface area contributed by atoms with Crippen LogP contribution in [-0.4, -0.2) is 17.8 Å². The lowest BCUT2D eigenvalue weighted by atomic mass is 9.87. The Morgan fingerprint density at radius 3 is 2.20 bits per heavy atom. The molecule has 4 rings (SSSR count). The molecular weight excluding hydrogens is 386 g/mol. The van der Waals surface area contributed by atoms with E-state index in [0.717, 1.165) is 43.2 Å². The van der Waals surface area contributed by atoms with Gasteiger partial charge >= 0.3 is 0 Å². The number of hydrogen-bond donors (Lipinski definition) is 0. The lowest BCUT2D eigenvalue weighted by Crippen LogP contribution is -2.33. The van der Waals surface area contributed by atoms with Crippen molar-refractivity contribution in [3.8, 4) is 0 Å². The molecule has 2 nitrogen and oxygen atoms in total. The number of hydrogen-bond acceptors (Lipinski definition) is 2. The molecule has 1 aromatic heterocycles. The van der Waals surface area contributed by atoms with Gasteiger partial charge in [-0.3, -0.25) is 0 Å². The van der Waals surface area contributed by atoms with Crippen molar-refractivity contribution in [1.82, 2.24) is 4.57 Å². The third-order valence-electron chi connectivity index (χ3n) is 6.30. The summed E-state index contributed by atoms with van der Waals surface area (Å²) in [7, 11) is 0. The van der Waals surface area contributed by atoms with Gasteiger partial charge in [0.15, 0.2) is 0 Å². The van der Waals surface area contributed by atoms with Crippen molar-refractivity contribution in [2.24, 2.45) is 0 Å². The largest absolute Gasteiger partial charge is 0.381 e. The van der Waals surface area contributed by atoms with Crippen LogP contribution in [-0.2, 0) is 16.6 Å². The Morgan fingerprint density at radius 1 is 0.967 bits per heavy atom. The summed E-state index contributed by atoms with van der Waals surface area (Å²) in [5.41, 5.74) is 2.89. The number of aryl methyl sites for hydroxylation is 1. The maximum absolute atomic E-state index is 5.60. The highest BCUT2D eigenvalue weighted by Gasteiger charge is 2.21. The van der Waals surface area contributed by atoms with Crippen LogP contribution >= 0.6 is 11.8 Å². The molecular formula is C27H33NOS. The Bertz CT molecular complexity index is 1150. The predicted molar refractivity (Wildman–Crippen MR) is 130 cm³/mol. The van der Waals surface area contributed by atoms with Gasteiger partial charge in [0.05, 0.1) is 0 Å². The summed E-state index contributed by atoms with van der Waals surface area (Å²) < 4.78 is 7.99. The van der Waals surface area contributed by atoms with Crippen molar-refractivity contribution >= 4 is 35.7 Å². The van der Waals surface area contributed by atoms with Crippen LogP contribution < -0.4 is 10.7 Å². The fourth-order valence-electron chi connectivity index (χ4n) is 4.56. The highest BCUT2D eigenvalue weighted by atomic mass is 32.2. The minimum Gasteiger partial charge on any atom is -0.381 e. The smallest absolute Gasteiger partial charge is 0.0485 e. The second kappa shape index (κ2) is 8.28. The molecule has 1 saturated heterocycles. The van der Waals surface area contributed by atoms with Gasteiger partial charge in [-0.05, 0) is 54.0 Å². The number of benzene rings is 2. The molecule has 1 aliphatic rings. The average molecular weight is 420 g/mol. The zero-order chi connectivity index (χ0) is 21.5. The van der Waals surface area contributed by atoms with E-state index in [9.17, 15) is 0 Å². The Kier molecular flexibility index (Phi) is 5.87. The van der Waals surface area contributed by atoms with E-state index in [-0.39, 0.29) is 5.41 Å². The first-order chi connectivity index (χ1) is 14.3. The summed E-state index contributed by atoms with van der Waals surface area (Å²) in [6, 6.07) is 14.0. The minimum absolute atomic E-state index is 0.170. The summed E-state index contributed by atoms with van der Waals surface area (Å²) in [6.45, 7) is 19.7. The van der Waals surface area contributed by atoms with Gasteiger partial charge in [0.25, 0.3) is 0 Å². The molecule has 1 fully saturated rings. The van der Waals surface area contributed by atoms with E-state index in [1.807, 2.05) is 11.8 Å². The van der Waals surface area contributed by atoms with Gasteiger partial charge in [0.1, 0.15) is 0 Å². The molecule has 0 unspecified atom stereocenters. The van der Waals surface area contributed by atoms with Gasteiger partial charge in [-0.1, -0.05) is 70.8 Å². The van der Waals surface area contributed by atoms with Crippen molar-refractivity contribution < 1.29 is 4.74 Å². The third kappa shape index (κ3) is 3.86. The molecule has 3 heteroatoms. The highest BCUT2D eigenvalue weighted by molar-refractivity contribution is 7.99. The third-order valence-corrected chi connectivity index (χ3v) is 7.37. The SMILES string of the molecule is C=c1c2c(CC)ccc(Sc3ccc(C(C)(C)C)cc3)c2c(=C)n1C1CCOCC1. The molecule has 2 heterocycles. The monoisotopic (exact) mass is 419 g/mol. The van der Waals surface area contributed by atoms with E-state index < -0.39 is 0 Å². The van der Waals surface area contributed by atoms with Crippen molar-refractivity contribution in [2.45, 2.75) is 68.2 Å². The zero-order valence-electron chi connectivity index (χ0n) is 18.8. The van der Waals surface area contributed by atoms with Crippen molar-refractivity contribution in [2.75, 3.05) is 13.2 Å². The van der Waals surface area contributed by atoms with Crippen LogP contribution in [0.2, 0.25) is 0 Å². The molecule has 3 aromatic rings. The summed E-state index contributed by atoms with van der Waals surface area (Å²) >= 11 is 1.83. The molecule has 0 amide bonds. The second-order valence-electron chi connectivity index (χ2n) is 9.31. The van der Waals surface area contributed by atoms with Gasteiger partial charge in [0, 0.05) is 50.5 Å². The van der Waals surface area contributed by atoms with Crippen molar-refractivity contribution in [3.05, 3.63) is 58.2 Å². The summed E-state index contributed by atoms with van der Waals surface area (Å²) in [5.74, 6) is 0. The first-order valence-electron chi connectivity index (χ1n) is 11.0. The fraction of sp³-hybridized carbons (Fsp3) is 0.407. The molecule has 0 N–H and O–H groups in total. The quantitative estimate of drug-likeness (QED) is 0.529. The summed E-state index contributed by atoms with van der Waals surface area (Å²) in [6.07, 6.45) is 3.07. The molecule has 0 spiro atoms. The van der Waals surface area contributed by atoms with E-state index >= 15 is 0 Å². The van der Waals surface area contributed by atoms with Crippen LogP contribution in [0, 0.1) is 0 Å². The minimum atomic E-state index is 0.170. The van der Waals surface area contributed by atoms with Crippen LogP contribution in [0.4, 0.5) is 0 Å². The second-order valence-corrected chi connectivity index (χ2v) is 10.4. The number of nitrogens with zero attached hydrogens (tertiary/aromatic N) is 1. The summed E-state index contributed by atoms with van der Waals surface area (Å²) in [4.78, 5) is 2.53. The standard InChI is InChI=1S/C27H33NOS/c1-7-20-8-13-24(30-23-11-9-21(10-12-23)27(4,5)6)26-19(3)28(18(2)25(20)26)22-14-16-29-17-15-22/h8-13,22H,2-3,7,14-17H2,1,4-6H3. The molecule has 0 saturated carbocycles. The number of rotatable bonds is 4.